The Labute approximate surface area is 93.3 Å². The minimum Gasteiger partial charge on any atom is -0.376 e. The molecule has 1 aliphatic heterocycles. The van der Waals surface area contributed by atoms with Gasteiger partial charge in [-0.1, -0.05) is 0 Å². The van der Waals surface area contributed by atoms with E-state index in [-0.39, 0.29) is 17.4 Å². The number of ether oxygens (including phenoxy) is 1. The fraction of sp³-hybridized carbons (Fsp3) is 0.636. The van der Waals surface area contributed by atoms with Crippen LogP contribution in [0.2, 0.25) is 0 Å². The number of aromatic nitrogens is 2. The molecular weight excluding hydrogens is 208 g/mol. The summed E-state index contributed by atoms with van der Waals surface area (Å²) in [5.41, 5.74) is -0.529. The topological polar surface area (TPSA) is 53.2 Å². The summed E-state index contributed by atoms with van der Waals surface area (Å²) in [6.07, 6.45) is 4.58. The zero-order valence-corrected chi connectivity index (χ0v) is 9.39. The van der Waals surface area contributed by atoms with Gasteiger partial charge in [0.05, 0.1) is 12.6 Å². The van der Waals surface area contributed by atoms with E-state index in [4.69, 9.17) is 4.74 Å². The van der Waals surface area contributed by atoms with Gasteiger partial charge in [0.1, 0.15) is 0 Å². The summed E-state index contributed by atoms with van der Waals surface area (Å²) < 4.78 is 8.18. The first kappa shape index (κ1) is 11.1. The zero-order valence-electron chi connectivity index (χ0n) is 9.39. The number of hydrogen-bond donors (Lipinski definition) is 0. The highest BCUT2D eigenvalue weighted by Gasteiger charge is 2.16. The summed E-state index contributed by atoms with van der Waals surface area (Å²) in [5, 5.41) is 0. The molecule has 88 valence electrons. The summed E-state index contributed by atoms with van der Waals surface area (Å²) in [6, 6.07) is 1.41. The summed E-state index contributed by atoms with van der Waals surface area (Å²) in [4.78, 5) is 23.3. The predicted molar refractivity (Wildman–Crippen MR) is 59.5 cm³/mol. The van der Waals surface area contributed by atoms with Crippen molar-refractivity contribution in [1.82, 2.24) is 9.13 Å². The molecule has 2 heterocycles. The van der Waals surface area contributed by atoms with Gasteiger partial charge in [-0.15, -0.1) is 0 Å². The number of rotatable bonds is 2. The Hall–Kier alpha value is -1.36. The van der Waals surface area contributed by atoms with Crippen molar-refractivity contribution in [3.63, 3.8) is 0 Å². The van der Waals surface area contributed by atoms with E-state index in [0.29, 0.717) is 6.54 Å². The molecule has 0 spiro atoms. The summed E-state index contributed by atoms with van der Waals surface area (Å²) >= 11 is 0. The van der Waals surface area contributed by atoms with Crippen molar-refractivity contribution in [2.24, 2.45) is 7.05 Å². The van der Waals surface area contributed by atoms with Gasteiger partial charge in [0, 0.05) is 25.9 Å². The van der Waals surface area contributed by atoms with Crippen LogP contribution in [0, 0.1) is 0 Å². The lowest BCUT2D eigenvalue weighted by Crippen LogP contribution is -2.41. The van der Waals surface area contributed by atoms with Crippen molar-refractivity contribution in [3.8, 4) is 0 Å². The summed E-state index contributed by atoms with van der Waals surface area (Å²) in [5.74, 6) is 0. The monoisotopic (exact) mass is 224 g/mol. The predicted octanol–water partition coefficient (Wildman–Crippen LogP) is 0.116. The third kappa shape index (κ3) is 2.24. The molecule has 5 heteroatoms. The second kappa shape index (κ2) is 4.65. The smallest absolute Gasteiger partial charge is 0.330 e. The van der Waals surface area contributed by atoms with Crippen LogP contribution in [0.1, 0.15) is 19.3 Å². The Morgan fingerprint density at radius 1 is 1.44 bits per heavy atom. The van der Waals surface area contributed by atoms with Gasteiger partial charge in [0.15, 0.2) is 0 Å². The highest BCUT2D eigenvalue weighted by atomic mass is 16.5. The van der Waals surface area contributed by atoms with E-state index in [0.717, 1.165) is 25.9 Å². The van der Waals surface area contributed by atoms with Gasteiger partial charge in [-0.2, -0.15) is 0 Å². The average molecular weight is 224 g/mol. The maximum atomic E-state index is 11.7. The first-order valence-corrected chi connectivity index (χ1v) is 5.56. The Kier molecular flexibility index (Phi) is 3.24. The van der Waals surface area contributed by atoms with Crippen molar-refractivity contribution in [2.45, 2.75) is 31.9 Å². The van der Waals surface area contributed by atoms with E-state index >= 15 is 0 Å². The van der Waals surface area contributed by atoms with Gasteiger partial charge in [0.25, 0.3) is 5.56 Å². The standard InChI is InChI=1S/C11H16N2O3/c1-12-6-5-10(14)13(11(12)15)8-9-4-2-3-7-16-9/h5-6,9H,2-4,7-8H2,1H3. The Balaban J connectivity index is 2.23. The second-order valence-corrected chi connectivity index (χ2v) is 4.15. The minimum atomic E-state index is -0.276. The fourth-order valence-corrected chi connectivity index (χ4v) is 1.94. The minimum absolute atomic E-state index is 0.00144. The van der Waals surface area contributed by atoms with Gasteiger partial charge < -0.3 is 9.30 Å². The molecule has 1 saturated heterocycles. The highest BCUT2D eigenvalue weighted by Crippen LogP contribution is 2.13. The molecule has 1 aliphatic rings. The van der Waals surface area contributed by atoms with E-state index in [2.05, 4.69) is 0 Å². The largest absolute Gasteiger partial charge is 0.376 e. The summed E-state index contributed by atoms with van der Waals surface area (Å²) in [6.45, 7) is 1.10. The number of aryl methyl sites for hydroxylation is 1. The lowest BCUT2D eigenvalue weighted by molar-refractivity contribution is 0.00452. The zero-order chi connectivity index (χ0) is 11.5. The lowest BCUT2D eigenvalue weighted by Gasteiger charge is -2.22. The van der Waals surface area contributed by atoms with Gasteiger partial charge >= 0.3 is 5.69 Å². The maximum absolute atomic E-state index is 11.7. The van der Waals surface area contributed by atoms with Crippen LogP contribution in [-0.2, 0) is 18.3 Å². The van der Waals surface area contributed by atoms with E-state index in [9.17, 15) is 9.59 Å². The third-order valence-corrected chi connectivity index (χ3v) is 2.90. The lowest BCUT2D eigenvalue weighted by atomic mass is 10.1. The van der Waals surface area contributed by atoms with E-state index in [1.165, 1.54) is 21.4 Å². The van der Waals surface area contributed by atoms with Crippen LogP contribution in [0.4, 0.5) is 0 Å². The van der Waals surface area contributed by atoms with Crippen LogP contribution >= 0.6 is 0 Å². The molecular formula is C11H16N2O3. The van der Waals surface area contributed by atoms with E-state index in [1.807, 2.05) is 0 Å². The van der Waals surface area contributed by atoms with Gasteiger partial charge in [0.2, 0.25) is 0 Å². The first-order valence-electron chi connectivity index (χ1n) is 5.56. The molecule has 0 N–H and O–H groups in total. The molecule has 0 saturated carbocycles. The van der Waals surface area contributed by atoms with Crippen LogP contribution in [-0.4, -0.2) is 21.8 Å². The van der Waals surface area contributed by atoms with Crippen LogP contribution in [0.3, 0.4) is 0 Å². The van der Waals surface area contributed by atoms with Crippen molar-refractivity contribution < 1.29 is 4.74 Å². The molecule has 1 aromatic rings. The summed E-state index contributed by atoms with van der Waals surface area (Å²) in [7, 11) is 1.64. The molecule has 0 amide bonds. The van der Waals surface area contributed by atoms with Crippen LogP contribution in [0.5, 0.6) is 0 Å². The Morgan fingerprint density at radius 2 is 2.25 bits per heavy atom. The van der Waals surface area contributed by atoms with E-state index in [1.54, 1.807) is 7.05 Å². The number of nitrogens with zero attached hydrogens (tertiary/aromatic N) is 2. The Bertz CT molecular complexity index is 469. The van der Waals surface area contributed by atoms with Crippen molar-refractivity contribution >= 4 is 0 Å². The molecule has 1 unspecified atom stereocenters. The van der Waals surface area contributed by atoms with Crippen molar-refractivity contribution in [2.75, 3.05) is 6.61 Å². The molecule has 1 fully saturated rings. The molecule has 1 aromatic heterocycles. The molecule has 5 nitrogen and oxygen atoms in total. The van der Waals surface area contributed by atoms with E-state index < -0.39 is 0 Å². The van der Waals surface area contributed by atoms with Crippen molar-refractivity contribution in [1.29, 1.82) is 0 Å². The molecule has 0 radical (unpaired) electrons. The van der Waals surface area contributed by atoms with Crippen molar-refractivity contribution in [3.05, 3.63) is 33.1 Å². The SMILES string of the molecule is Cn1ccc(=O)n(CC2CCCCO2)c1=O. The molecule has 1 atom stereocenters. The molecule has 0 aliphatic carbocycles. The normalized spacial score (nSPS) is 20.9. The maximum Gasteiger partial charge on any atom is 0.330 e. The average Bonchev–Trinajstić information content (AvgIpc) is 2.31. The molecule has 0 aromatic carbocycles. The Morgan fingerprint density at radius 3 is 2.94 bits per heavy atom. The first-order chi connectivity index (χ1) is 7.68. The third-order valence-electron chi connectivity index (χ3n) is 2.90. The number of hydrogen-bond acceptors (Lipinski definition) is 3. The van der Waals surface area contributed by atoms with Gasteiger partial charge in [-0.05, 0) is 19.3 Å². The van der Waals surface area contributed by atoms with Crippen LogP contribution < -0.4 is 11.2 Å². The highest BCUT2D eigenvalue weighted by molar-refractivity contribution is 4.86. The molecule has 2 rings (SSSR count). The van der Waals surface area contributed by atoms with Crippen LogP contribution in [0.15, 0.2) is 21.9 Å². The quantitative estimate of drug-likeness (QED) is 0.716. The second-order valence-electron chi connectivity index (χ2n) is 4.15. The van der Waals surface area contributed by atoms with Crippen LogP contribution in [0.25, 0.3) is 0 Å². The molecule has 16 heavy (non-hydrogen) atoms. The molecule has 0 bridgehead atoms. The van der Waals surface area contributed by atoms with Gasteiger partial charge in [-0.25, -0.2) is 4.79 Å². The fourth-order valence-electron chi connectivity index (χ4n) is 1.94. The van der Waals surface area contributed by atoms with Gasteiger partial charge in [-0.3, -0.25) is 9.36 Å².